The quantitative estimate of drug-likeness (QED) is 0.482. The van der Waals surface area contributed by atoms with Crippen molar-refractivity contribution in [2.24, 2.45) is 0 Å². The number of aryl methyl sites for hydroxylation is 2. The lowest BCUT2D eigenvalue weighted by atomic mass is 10.1. The van der Waals surface area contributed by atoms with Crippen LogP contribution in [0.5, 0.6) is 5.75 Å². The van der Waals surface area contributed by atoms with Crippen LogP contribution >= 0.6 is 28.1 Å². The van der Waals surface area contributed by atoms with Gasteiger partial charge in [0.15, 0.2) is 11.7 Å². The fraction of sp³-hybridized carbons (Fsp3) is 0.211. The van der Waals surface area contributed by atoms with Gasteiger partial charge < -0.3 is 4.74 Å². The molecule has 142 valence electrons. The molecule has 0 heterocycles. The van der Waals surface area contributed by atoms with Crippen LogP contribution in [-0.2, 0) is 11.2 Å². The van der Waals surface area contributed by atoms with Crippen molar-refractivity contribution in [3.8, 4) is 5.75 Å². The summed E-state index contributed by atoms with van der Waals surface area (Å²) in [5.41, 5.74) is 7.53. The smallest absolute Gasteiger partial charge is 0.276 e. The van der Waals surface area contributed by atoms with Crippen LogP contribution in [0.3, 0.4) is 0 Å². The number of benzene rings is 2. The largest absolute Gasteiger partial charge is 0.483 e. The average Bonchev–Trinajstić information content (AvgIpc) is 2.65. The van der Waals surface area contributed by atoms with Gasteiger partial charge in [0.2, 0.25) is 0 Å². The number of thiocarbonyl (C=S) groups is 1. The van der Waals surface area contributed by atoms with Gasteiger partial charge in [-0.3, -0.25) is 25.8 Å². The molecule has 2 aromatic rings. The molecule has 0 saturated heterocycles. The first-order valence-electron chi connectivity index (χ1n) is 8.27. The van der Waals surface area contributed by atoms with Gasteiger partial charge in [0.25, 0.3) is 11.8 Å². The SMILES string of the molecule is CCc1ccc(OCC(=O)NNC(=S)NC(=O)c2ccc(C)cc2)c(Br)c1. The summed E-state index contributed by atoms with van der Waals surface area (Å²) >= 11 is 8.41. The highest BCUT2D eigenvalue weighted by molar-refractivity contribution is 9.10. The zero-order valence-electron chi connectivity index (χ0n) is 15.0. The standard InChI is InChI=1S/C19H20BrN3O3S/c1-3-13-6-9-16(15(20)10-13)26-11-17(24)22-23-19(27)21-18(25)14-7-4-12(2)5-8-14/h4-10H,3,11H2,1-2H3,(H,22,24)(H2,21,23,25,27). The zero-order valence-corrected chi connectivity index (χ0v) is 17.4. The van der Waals surface area contributed by atoms with E-state index in [0.29, 0.717) is 11.3 Å². The van der Waals surface area contributed by atoms with Crippen molar-refractivity contribution in [2.75, 3.05) is 6.61 Å². The number of amides is 2. The van der Waals surface area contributed by atoms with Crippen molar-refractivity contribution in [1.82, 2.24) is 16.2 Å². The molecule has 6 nitrogen and oxygen atoms in total. The van der Waals surface area contributed by atoms with Crippen LogP contribution in [0.15, 0.2) is 46.9 Å². The lowest BCUT2D eigenvalue weighted by Crippen LogP contribution is -2.49. The molecule has 0 spiro atoms. The molecule has 0 aliphatic carbocycles. The van der Waals surface area contributed by atoms with Crippen molar-refractivity contribution in [3.05, 3.63) is 63.6 Å². The molecule has 27 heavy (non-hydrogen) atoms. The molecule has 2 amide bonds. The first-order chi connectivity index (χ1) is 12.9. The number of carbonyl (C=O) groups excluding carboxylic acids is 2. The van der Waals surface area contributed by atoms with Gasteiger partial charge in [0.05, 0.1) is 4.47 Å². The minimum Gasteiger partial charge on any atom is -0.483 e. The Bertz CT molecular complexity index is 841. The molecule has 0 bridgehead atoms. The number of hydrogen-bond acceptors (Lipinski definition) is 4. The maximum atomic E-state index is 12.0. The van der Waals surface area contributed by atoms with Gasteiger partial charge in [-0.05, 0) is 71.3 Å². The third kappa shape index (κ3) is 6.65. The van der Waals surface area contributed by atoms with Gasteiger partial charge in [0, 0.05) is 5.56 Å². The van der Waals surface area contributed by atoms with Crippen molar-refractivity contribution < 1.29 is 14.3 Å². The molecule has 0 unspecified atom stereocenters. The Morgan fingerprint density at radius 3 is 2.44 bits per heavy atom. The number of nitrogens with one attached hydrogen (secondary N) is 3. The van der Waals surface area contributed by atoms with Gasteiger partial charge in [-0.1, -0.05) is 30.7 Å². The highest BCUT2D eigenvalue weighted by Gasteiger charge is 2.09. The lowest BCUT2D eigenvalue weighted by molar-refractivity contribution is -0.123. The minimum absolute atomic E-state index is 0.0117. The van der Waals surface area contributed by atoms with Gasteiger partial charge in [0.1, 0.15) is 5.75 Å². The van der Waals surface area contributed by atoms with E-state index in [1.54, 1.807) is 18.2 Å². The fourth-order valence-electron chi connectivity index (χ4n) is 2.10. The predicted octanol–water partition coefficient (Wildman–Crippen LogP) is 3.03. The monoisotopic (exact) mass is 449 g/mol. The summed E-state index contributed by atoms with van der Waals surface area (Å²) in [6, 6.07) is 12.7. The Morgan fingerprint density at radius 1 is 1.11 bits per heavy atom. The second-order valence-corrected chi connectivity index (χ2v) is 6.99. The number of hydrogen-bond donors (Lipinski definition) is 3. The summed E-state index contributed by atoms with van der Waals surface area (Å²) < 4.78 is 6.24. The van der Waals surface area contributed by atoms with Crippen LogP contribution in [-0.4, -0.2) is 23.5 Å². The van der Waals surface area contributed by atoms with Crippen LogP contribution in [0.25, 0.3) is 0 Å². The van der Waals surface area contributed by atoms with E-state index in [4.69, 9.17) is 17.0 Å². The lowest BCUT2D eigenvalue weighted by Gasteiger charge is -2.12. The molecule has 3 N–H and O–H groups in total. The molecule has 0 fully saturated rings. The second kappa shape index (κ2) is 10.0. The Balaban J connectivity index is 1.75. The van der Waals surface area contributed by atoms with Crippen molar-refractivity contribution in [2.45, 2.75) is 20.3 Å². The van der Waals surface area contributed by atoms with E-state index in [-0.39, 0.29) is 17.6 Å². The maximum Gasteiger partial charge on any atom is 0.276 e. The van der Waals surface area contributed by atoms with Crippen LogP contribution in [0.1, 0.15) is 28.4 Å². The summed E-state index contributed by atoms with van der Waals surface area (Å²) in [4.78, 5) is 23.9. The number of carbonyl (C=O) groups is 2. The van der Waals surface area contributed by atoms with Crippen molar-refractivity contribution in [3.63, 3.8) is 0 Å². The fourth-order valence-corrected chi connectivity index (χ4v) is 2.78. The Labute approximate surface area is 171 Å². The van der Waals surface area contributed by atoms with Crippen LogP contribution in [0.4, 0.5) is 0 Å². The van der Waals surface area contributed by atoms with Crippen LogP contribution in [0.2, 0.25) is 0 Å². The first kappa shape index (κ1) is 20.9. The van der Waals surface area contributed by atoms with E-state index in [0.717, 1.165) is 22.0 Å². The van der Waals surface area contributed by atoms with E-state index in [9.17, 15) is 9.59 Å². The molecule has 2 rings (SSSR count). The Hall–Kier alpha value is -2.45. The Kier molecular flexibility index (Phi) is 7.75. The summed E-state index contributed by atoms with van der Waals surface area (Å²) in [5.74, 6) is -0.232. The molecule has 0 saturated carbocycles. The normalized spacial score (nSPS) is 10.0. The third-order valence-electron chi connectivity index (χ3n) is 3.62. The van der Waals surface area contributed by atoms with E-state index in [2.05, 4.69) is 39.0 Å². The summed E-state index contributed by atoms with van der Waals surface area (Å²) in [5, 5.41) is 2.47. The van der Waals surface area contributed by atoms with E-state index >= 15 is 0 Å². The molecule has 8 heteroatoms. The average molecular weight is 450 g/mol. The predicted molar refractivity (Wildman–Crippen MR) is 112 cm³/mol. The summed E-state index contributed by atoms with van der Waals surface area (Å²) in [6.07, 6.45) is 0.912. The zero-order chi connectivity index (χ0) is 19.8. The number of halogens is 1. The maximum absolute atomic E-state index is 12.0. The van der Waals surface area contributed by atoms with E-state index in [1.807, 2.05) is 31.2 Å². The van der Waals surface area contributed by atoms with Gasteiger partial charge >= 0.3 is 0 Å². The highest BCUT2D eigenvalue weighted by Crippen LogP contribution is 2.26. The van der Waals surface area contributed by atoms with Crippen molar-refractivity contribution >= 4 is 45.1 Å². The van der Waals surface area contributed by atoms with E-state index in [1.165, 1.54) is 0 Å². The molecular weight excluding hydrogens is 430 g/mol. The molecule has 0 atom stereocenters. The number of hydrazine groups is 1. The van der Waals surface area contributed by atoms with E-state index < -0.39 is 5.91 Å². The number of ether oxygens (including phenoxy) is 1. The summed E-state index contributed by atoms with van der Waals surface area (Å²) in [7, 11) is 0. The second-order valence-electron chi connectivity index (χ2n) is 5.73. The highest BCUT2D eigenvalue weighted by atomic mass is 79.9. The van der Waals surface area contributed by atoms with Crippen LogP contribution < -0.4 is 20.9 Å². The third-order valence-corrected chi connectivity index (χ3v) is 4.44. The molecule has 0 aliphatic rings. The Morgan fingerprint density at radius 2 is 1.81 bits per heavy atom. The molecular formula is C19H20BrN3O3S. The van der Waals surface area contributed by atoms with Crippen molar-refractivity contribution in [1.29, 1.82) is 0 Å². The van der Waals surface area contributed by atoms with Gasteiger partial charge in [-0.25, -0.2) is 0 Å². The topological polar surface area (TPSA) is 79.5 Å². The molecule has 0 aliphatic heterocycles. The molecule has 0 radical (unpaired) electrons. The summed E-state index contributed by atoms with van der Waals surface area (Å²) in [6.45, 7) is 3.79. The minimum atomic E-state index is -0.437. The molecule has 2 aromatic carbocycles. The first-order valence-corrected chi connectivity index (χ1v) is 9.47. The van der Waals surface area contributed by atoms with Crippen LogP contribution in [0, 0.1) is 6.92 Å². The van der Waals surface area contributed by atoms with Gasteiger partial charge in [-0.15, -0.1) is 0 Å². The molecule has 0 aromatic heterocycles. The number of rotatable bonds is 5. The van der Waals surface area contributed by atoms with Gasteiger partial charge in [-0.2, -0.15) is 0 Å².